The van der Waals surface area contributed by atoms with Gasteiger partial charge in [0.2, 0.25) is 10.0 Å². The molecule has 1 atom stereocenters. The second-order valence-electron chi connectivity index (χ2n) is 9.67. The van der Waals surface area contributed by atoms with E-state index in [0.29, 0.717) is 25.1 Å². The van der Waals surface area contributed by atoms with Gasteiger partial charge in [-0.2, -0.15) is 4.31 Å². The van der Waals surface area contributed by atoms with Gasteiger partial charge in [-0.1, -0.05) is 61.4 Å². The fourth-order valence-corrected chi connectivity index (χ4v) is 6.41. The summed E-state index contributed by atoms with van der Waals surface area (Å²) in [7, 11) is -3.84. The van der Waals surface area contributed by atoms with E-state index in [0.717, 1.165) is 31.2 Å². The number of hydrogen-bond donors (Lipinski definition) is 1. The molecule has 0 saturated heterocycles. The molecule has 0 radical (unpaired) electrons. The average molecular weight is 522 g/mol. The molecule has 3 aromatic rings. The Morgan fingerprint density at radius 3 is 2.27 bits per heavy atom. The zero-order valence-corrected chi connectivity index (χ0v) is 21.8. The molecule has 0 bridgehead atoms. The van der Waals surface area contributed by atoms with E-state index >= 15 is 0 Å². The predicted octanol–water partition coefficient (Wildman–Crippen LogP) is 4.01. The lowest BCUT2D eigenvalue weighted by Crippen LogP contribution is -2.46. The molecule has 0 aliphatic heterocycles. The Labute approximate surface area is 219 Å². The zero-order chi connectivity index (χ0) is 26.1. The highest BCUT2D eigenvalue weighted by Gasteiger charge is 2.31. The second kappa shape index (κ2) is 12.9. The number of pyridine rings is 1. The van der Waals surface area contributed by atoms with Crippen molar-refractivity contribution in [2.75, 3.05) is 26.2 Å². The summed E-state index contributed by atoms with van der Waals surface area (Å²) in [5, 5.41) is 11.2. The largest absolute Gasteiger partial charge is 0.390 e. The lowest BCUT2D eigenvalue weighted by molar-refractivity contribution is 0.0584. The molecular formula is C29H35N3O4S. The monoisotopic (exact) mass is 521 g/mol. The van der Waals surface area contributed by atoms with Crippen molar-refractivity contribution in [3.63, 3.8) is 0 Å². The number of carbonyl (C=O) groups excluding carboxylic acids is 1. The first-order valence-electron chi connectivity index (χ1n) is 12.9. The molecule has 196 valence electrons. The van der Waals surface area contributed by atoms with Gasteiger partial charge in [0.15, 0.2) is 0 Å². The number of nitrogens with zero attached hydrogens (tertiary/aromatic N) is 3. The maximum absolute atomic E-state index is 13.5. The van der Waals surface area contributed by atoms with Crippen LogP contribution in [0, 0.1) is 5.92 Å². The van der Waals surface area contributed by atoms with Crippen LogP contribution in [0.15, 0.2) is 90.1 Å². The molecule has 1 saturated carbocycles. The van der Waals surface area contributed by atoms with E-state index in [2.05, 4.69) is 4.98 Å². The first-order valence-corrected chi connectivity index (χ1v) is 14.3. The van der Waals surface area contributed by atoms with Crippen LogP contribution in [0.1, 0.15) is 41.6 Å². The van der Waals surface area contributed by atoms with E-state index in [1.807, 2.05) is 48.5 Å². The number of rotatable bonds is 12. The second-order valence-corrected chi connectivity index (χ2v) is 11.6. The summed E-state index contributed by atoms with van der Waals surface area (Å²) in [6, 6.07) is 22.0. The molecule has 1 aliphatic carbocycles. The molecule has 0 spiro atoms. The summed E-state index contributed by atoms with van der Waals surface area (Å²) < 4.78 is 28.4. The van der Waals surface area contributed by atoms with Crippen molar-refractivity contribution in [3.8, 4) is 0 Å². The first kappa shape index (κ1) is 27.0. The number of aliphatic hydroxyl groups is 1. The van der Waals surface area contributed by atoms with E-state index in [1.165, 1.54) is 22.8 Å². The Morgan fingerprint density at radius 1 is 0.946 bits per heavy atom. The molecule has 1 N–H and O–H groups in total. The number of hydrogen-bond acceptors (Lipinski definition) is 5. The minimum absolute atomic E-state index is 0.0320. The van der Waals surface area contributed by atoms with Gasteiger partial charge in [-0.25, -0.2) is 8.42 Å². The summed E-state index contributed by atoms with van der Waals surface area (Å²) in [6.07, 6.45) is 6.60. The quantitative estimate of drug-likeness (QED) is 0.389. The van der Waals surface area contributed by atoms with E-state index < -0.39 is 16.1 Å². The minimum Gasteiger partial charge on any atom is -0.390 e. The number of amides is 1. The molecule has 2 aromatic carbocycles. The highest BCUT2D eigenvalue weighted by molar-refractivity contribution is 7.89. The van der Waals surface area contributed by atoms with Crippen LogP contribution in [0.3, 0.4) is 0 Å². The Kier molecular flexibility index (Phi) is 9.44. The van der Waals surface area contributed by atoms with Crippen LogP contribution in [0.2, 0.25) is 0 Å². The first-order chi connectivity index (χ1) is 17.9. The molecule has 7 nitrogen and oxygen atoms in total. The SMILES string of the molecule is O=C(c1ccccc1)N(CCc1ccccc1)C[C@H](O)CN(CC1CCCC1)S(=O)(=O)c1cccnc1. The van der Waals surface area contributed by atoms with E-state index in [4.69, 9.17) is 0 Å². The number of carbonyl (C=O) groups is 1. The van der Waals surface area contributed by atoms with Crippen molar-refractivity contribution < 1.29 is 18.3 Å². The summed E-state index contributed by atoms with van der Waals surface area (Å²) in [5.74, 6) is 0.0758. The van der Waals surface area contributed by atoms with Crippen LogP contribution < -0.4 is 0 Å². The van der Waals surface area contributed by atoms with Crippen molar-refractivity contribution in [2.45, 2.75) is 43.1 Å². The molecule has 0 unspecified atom stereocenters. The fourth-order valence-electron chi connectivity index (χ4n) is 4.90. The van der Waals surface area contributed by atoms with Gasteiger partial charge < -0.3 is 10.0 Å². The molecule has 1 aromatic heterocycles. The summed E-state index contributed by atoms with van der Waals surface area (Å²) in [6.45, 7) is 0.708. The number of sulfonamides is 1. The molecule has 8 heteroatoms. The van der Waals surface area contributed by atoms with E-state index in [9.17, 15) is 18.3 Å². The minimum atomic E-state index is -3.84. The van der Waals surface area contributed by atoms with Crippen molar-refractivity contribution in [1.29, 1.82) is 0 Å². The molecule has 1 heterocycles. The van der Waals surface area contributed by atoms with Gasteiger partial charge in [-0.15, -0.1) is 0 Å². The van der Waals surface area contributed by atoms with Gasteiger partial charge in [-0.3, -0.25) is 9.78 Å². The van der Waals surface area contributed by atoms with Crippen molar-refractivity contribution in [1.82, 2.24) is 14.2 Å². The topological polar surface area (TPSA) is 90.8 Å². The average Bonchev–Trinajstić information content (AvgIpc) is 3.45. The smallest absolute Gasteiger partial charge is 0.253 e. The summed E-state index contributed by atoms with van der Waals surface area (Å²) >= 11 is 0. The Hall–Kier alpha value is -3.07. The fraction of sp³-hybridized carbons (Fsp3) is 0.379. The molecule has 1 aliphatic rings. The van der Waals surface area contributed by atoms with Gasteiger partial charge in [0.05, 0.1) is 6.10 Å². The van der Waals surface area contributed by atoms with Gasteiger partial charge >= 0.3 is 0 Å². The lowest BCUT2D eigenvalue weighted by Gasteiger charge is -2.30. The Balaban J connectivity index is 1.51. The molecule has 37 heavy (non-hydrogen) atoms. The van der Waals surface area contributed by atoms with Crippen LogP contribution in [-0.4, -0.2) is 65.9 Å². The normalized spacial score (nSPS) is 15.1. The molecule has 4 rings (SSSR count). The third kappa shape index (κ3) is 7.47. The van der Waals surface area contributed by atoms with Gasteiger partial charge in [-0.05, 0) is 55.0 Å². The maximum atomic E-state index is 13.5. The third-order valence-electron chi connectivity index (χ3n) is 6.88. The van der Waals surface area contributed by atoms with Gasteiger partial charge in [0.1, 0.15) is 4.90 Å². The van der Waals surface area contributed by atoms with E-state index in [1.54, 1.807) is 23.1 Å². The highest BCUT2D eigenvalue weighted by Crippen LogP contribution is 2.28. The van der Waals surface area contributed by atoms with E-state index in [-0.39, 0.29) is 29.8 Å². The van der Waals surface area contributed by atoms with Crippen molar-refractivity contribution in [2.24, 2.45) is 5.92 Å². The zero-order valence-electron chi connectivity index (χ0n) is 21.0. The highest BCUT2D eigenvalue weighted by atomic mass is 32.2. The van der Waals surface area contributed by atoms with Crippen LogP contribution in [-0.2, 0) is 16.4 Å². The summed E-state index contributed by atoms with van der Waals surface area (Å²) in [4.78, 5) is 19.1. The predicted molar refractivity (Wildman–Crippen MR) is 143 cm³/mol. The molecule has 1 fully saturated rings. The Morgan fingerprint density at radius 2 is 1.62 bits per heavy atom. The van der Waals surface area contributed by atoms with Crippen molar-refractivity contribution >= 4 is 15.9 Å². The van der Waals surface area contributed by atoms with Crippen LogP contribution >= 0.6 is 0 Å². The Bertz CT molecular complexity index is 1220. The number of aliphatic hydroxyl groups excluding tert-OH is 1. The van der Waals surface area contributed by atoms with Crippen LogP contribution in [0.25, 0.3) is 0 Å². The third-order valence-corrected chi connectivity index (χ3v) is 8.69. The van der Waals surface area contributed by atoms with Crippen molar-refractivity contribution in [3.05, 3.63) is 96.3 Å². The number of aromatic nitrogens is 1. The van der Waals surface area contributed by atoms with Crippen LogP contribution in [0.5, 0.6) is 0 Å². The van der Waals surface area contributed by atoms with Crippen LogP contribution in [0.4, 0.5) is 0 Å². The van der Waals surface area contributed by atoms with Gasteiger partial charge in [0.25, 0.3) is 5.91 Å². The number of benzene rings is 2. The van der Waals surface area contributed by atoms with Gasteiger partial charge in [0, 0.05) is 44.1 Å². The molecular weight excluding hydrogens is 486 g/mol. The molecule has 1 amide bonds. The standard InChI is InChI=1S/C29H35N3O4S/c33-27(23-32(21-25-12-7-8-13-25)37(35,36)28-16-9-18-30-20-28)22-31(19-17-24-10-3-1-4-11-24)29(34)26-14-5-2-6-15-26/h1-6,9-11,14-16,18,20,25,27,33H,7-8,12-13,17,19,21-23H2/t27-/m0/s1. The maximum Gasteiger partial charge on any atom is 0.253 e. The lowest BCUT2D eigenvalue weighted by atomic mass is 10.1. The summed E-state index contributed by atoms with van der Waals surface area (Å²) in [5.41, 5.74) is 1.62.